The maximum Gasteiger partial charge on any atom is 0.410 e. The molecule has 1 heterocycles. The van der Waals surface area contributed by atoms with Gasteiger partial charge in [-0.3, -0.25) is 4.90 Å². The lowest BCUT2D eigenvalue weighted by Crippen LogP contribution is -2.64. The number of ether oxygens (including phenoxy) is 1. The quantitative estimate of drug-likeness (QED) is 0.755. The van der Waals surface area contributed by atoms with Gasteiger partial charge in [0.15, 0.2) is 0 Å². The predicted molar refractivity (Wildman–Crippen MR) is 66.8 cm³/mol. The second-order valence-corrected chi connectivity index (χ2v) is 5.89. The summed E-state index contributed by atoms with van der Waals surface area (Å²) >= 11 is 0. The molecule has 0 unspecified atom stereocenters. The van der Waals surface area contributed by atoms with Crippen LogP contribution in [-0.4, -0.2) is 39.9 Å². The zero-order valence-electron chi connectivity index (χ0n) is 11.2. The normalized spacial score (nSPS) is 23.2. The molecule has 1 rings (SSSR count). The molecule has 98 valence electrons. The van der Waals surface area contributed by atoms with E-state index in [0.29, 0.717) is 12.8 Å². The number of carbonyl (C=O) groups is 1. The Balaban J connectivity index is 2.92. The van der Waals surface area contributed by atoms with E-state index in [-0.39, 0.29) is 18.8 Å². The van der Waals surface area contributed by atoms with E-state index in [0.717, 1.165) is 0 Å². The molecule has 0 atom stereocenters. The molecule has 0 aromatic rings. The highest BCUT2D eigenvalue weighted by Gasteiger charge is 2.48. The Kier molecular flexibility index (Phi) is 3.87. The van der Waals surface area contributed by atoms with Crippen LogP contribution in [0.2, 0.25) is 0 Å². The van der Waals surface area contributed by atoms with Gasteiger partial charge >= 0.3 is 6.09 Å². The Bertz CT molecular complexity index is 292. The van der Waals surface area contributed by atoms with Gasteiger partial charge in [-0.1, -0.05) is 12.7 Å². The van der Waals surface area contributed by atoms with Crippen molar-refractivity contribution in [1.82, 2.24) is 4.90 Å². The van der Waals surface area contributed by atoms with Crippen LogP contribution >= 0.6 is 0 Å². The number of hydrogen-bond donors (Lipinski definition) is 1. The van der Waals surface area contributed by atoms with Crippen molar-refractivity contribution in [3.8, 4) is 0 Å². The van der Waals surface area contributed by atoms with Crippen molar-refractivity contribution >= 4 is 6.09 Å². The molecule has 0 bridgehead atoms. The van der Waals surface area contributed by atoms with Crippen LogP contribution in [-0.2, 0) is 4.74 Å². The van der Waals surface area contributed by atoms with Crippen molar-refractivity contribution in [2.45, 2.75) is 57.7 Å². The van der Waals surface area contributed by atoms with Crippen LogP contribution in [0.15, 0.2) is 12.7 Å². The summed E-state index contributed by atoms with van der Waals surface area (Å²) in [5.41, 5.74) is -0.807. The molecule has 1 N–H and O–H groups in total. The van der Waals surface area contributed by atoms with Crippen molar-refractivity contribution in [1.29, 1.82) is 0 Å². The molecule has 1 amide bonds. The largest absolute Gasteiger partial charge is 0.445 e. The van der Waals surface area contributed by atoms with Gasteiger partial charge in [0, 0.05) is 11.1 Å². The zero-order chi connectivity index (χ0) is 13.3. The summed E-state index contributed by atoms with van der Waals surface area (Å²) in [6.45, 7) is 11.5. The van der Waals surface area contributed by atoms with E-state index in [1.54, 1.807) is 11.0 Å². The summed E-state index contributed by atoms with van der Waals surface area (Å²) in [4.78, 5) is 13.8. The Hall–Kier alpha value is -1.03. The van der Waals surface area contributed by atoms with E-state index in [4.69, 9.17) is 4.74 Å². The van der Waals surface area contributed by atoms with Crippen LogP contribution < -0.4 is 0 Å². The fourth-order valence-corrected chi connectivity index (χ4v) is 2.92. The molecule has 1 fully saturated rings. The third-order valence-corrected chi connectivity index (χ3v) is 3.19. The monoisotopic (exact) mass is 241 g/mol. The first-order valence-electron chi connectivity index (χ1n) is 5.97. The lowest BCUT2D eigenvalue weighted by Gasteiger charge is -2.53. The highest BCUT2D eigenvalue weighted by atomic mass is 16.6. The van der Waals surface area contributed by atoms with Crippen LogP contribution in [0.4, 0.5) is 4.79 Å². The Morgan fingerprint density at radius 2 is 1.88 bits per heavy atom. The van der Waals surface area contributed by atoms with Gasteiger partial charge in [-0.25, -0.2) is 4.79 Å². The number of amides is 1. The maximum absolute atomic E-state index is 12.1. The lowest BCUT2D eigenvalue weighted by atomic mass is 9.78. The van der Waals surface area contributed by atoms with E-state index in [9.17, 15) is 9.90 Å². The van der Waals surface area contributed by atoms with Gasteiger partial charge in [-0.05, 0) is 40.5 Å². The molecule has 0 radical (unpaired) electrons. The van der Waals surface area contributed by atoms with Crippen LogP contribution in [0.3, 0.4) is 0 Å². The smallest absolute Gasteiger partial charge is 0.410 e. The van der Waals surface area contributed by atoms with Gasteiger partial charge < -0.3 is 9.84 Å². The number of rotatable bonds is 2. The van der Waals surface area contributed by atoms with E-state index in [2.05, 4.69) is 6.58 Å². The topological polar surface area (TPSA) is 49.8 Å². The molecule has 1 aliphatic heterocycles. The van der Waals surface area contributed by atoms with E-state index in [1.165, 1.54) is 0 Å². The number of nitrogens with zero attached hydrogens (tertiary/aromatic N) is 1. The number of piperidine rings is 1. The van der Waals surface area contributed by atoms with Gasteiger partial charge in [0.05, 0.1) is 6.10 Å². The molecular weight excluding hydrogens is 218 g/mol. The third-order valence-electron chi connectivity index (χ3n) is 3.19. The number of hydrogen-bond acceptors (Lipinski definition) is 3. The standard InChI is InChI=1S/C13H23NO3/c1-6-7-17-11(16)14-12(2,3)8-10(15)9-13(14,4)5/h6,10,15H,1,7-9H2,2-5H3. The van der Waals surface area contributed by atoms with Crippen LogP contribution in [0.1, 0.15) is 40.5 Å². The maximum atomic E-state index is 12.1. The summed E-state index contributed by atoms with van der Waals surface area (Å²) in [7, 11) is 0. The first-order chi connectivity index (χ1) is 7.70. The van der Waals surface area contributed by atoms with Crippen LogP contribution in [0, 0.1) is 0 Å². The van der Waals surface area contributed by atoms with E-state index < -0.39 is 11.1 Å². The lowest BCUT2D eigenvalue weighted by molar-refractivity contribution is -0.0681. The van der Waals surface area contributed by atoms with Gasteiger partial charge in [-0.2, -0.15) is 0 Å². The minimum atomic E-state index is -0.403. The Morgan fingerprint density at radius 1 is 1.41 bits per heavy atom. The summed E-state index contributed by atoms with van der Waals surface area (Å²) in [5.74, 6) is 0. The Labute approximate surface area is 103 Å². The first kappa shape index (κ1) is 14.0. The molecule has 4 heteroatoms. The summed E-state index contributed by atoms with van der Waals surface area (Å²) in [6.07, 6.45) is 1.98. The second kappa shape index (κ2) is 4.69. The number of likely N-dealkylation sites (tertiary alicyclic amines) is 1. The molecule has 0 aliphatic carbocycles. The molecule has 17 heavy (non-hydrogen) atoms. The molecule has 1 aliphatic rings. The molecule has 0 spiro atoms. The molecule has 0 saturated carbocycles. The van der Waals surface area contributed by atoms with Crippen LogP contribution in [0.5, 0.6) is 0 Å². The predicted octanol–water partition coefficient (Wildman–Crippen LogP) is 2.32. The highest BCUT2D eigenvalue weighted by Crippen LogP contribution is 2.38. The summed E-state index contributed by atoms with van der Waals surface area (Å²) in [6, 6.07) is 0. The Morgan fingerprint density at radius 3 is 2.29 bits per heavy atom. The van der Waals surface area contributed by atoms with Crippen molar-refractivity contribution in [2.24, 2.45) is 0 Å². The molecule has 0 aromatic carbocycles. The summed E-state index contributed by atoms with van der Waals surface area (Å²) < 4.78 is 5.12. The van der Waals surface area contributed by atoms with E-state index in [1.807, 2.05) is 27.7 Å². The first-order valence-corrected chi connectivity index (χ1v) is 5.97. The van der Waals surface area contributed by atoms with Gasteiger partial charge in [0.2, 0.25) is 0 Å². The average Bonchev–Trinajstić information content (AvgIpc) is 2.09. The number of carbonyl (C=O) groups excluding carboxylic acids is 1. The van der Waals surface area contributed by atoms with Crippen molar-refractivity contribution < 1.29 is 14.6 Å². The molecule has 0 aromatic heterocycles. The minimum Gasteiger partial charge on any atom is -0.445 e. The zero-order valence-corrected chi connectivity index (χ0v) is 11.2. The van der Waals surface area contributed by atoms with Crippen molar-refractivity contribution in [3.63, 3.8) is 0 Å². The van der Waals surface area contributed by atoms with Crippen LogP contribution in [0.25, 0.3) is 0 Å². The minimum absolute atomic E-state index is 0.212. The van der Waals surface area contributed by atoms with E-state index >= 15 is 0 Å². The highest BCUT2D eigenvalue weighted by molar-refractivity contribution is 5.70. The molecule has 4 nitrogen and oxygen atoms in total. The fraction of sp³-hybridized carbons (Fsp3) is 0.769. The summed E-state index contributed by atoms with van der Waals surface area (Å²) in [5, 5.41) is 9.86. The second-order valence-electron chi connectivity index (χ2n) is 5.89. The van der Waals surface area contributed by atoms with Gasteiger partial charge in [0.25, 0.3) is 0 Å². The number of aliphatic hydroxyl groups excluding tert-OH is 1. The molecule has 1 saturated heterocycles. The van der Waals surface area contributed by atoms with Gasteiger partial charge in [0.1, 0.15) is 6.61 Å². The third kappa shape index (κ3) is 3.00. The van der Waals surface area contributed by atoms with Crippen molar-refractivity contribution in [2.75, 3.05) is 6.61 Å². The molecular formula is C13H23NO3. The van der Waals surface area contributed by atoms with Gasteiger partial charge in [-0.15, -0.1) is 0 Å². The SMILES string of the molecule is C=CCOC(=O)N1C(C)(C)CC(O)CC1(C)C. The number of aliphatic hydroxyl groups is 1. The van der Waals surface area contributed by atoms with Crippen molar-refractivity contribution in [3.05, 3.63) is 12.7 Å². The average molecular weight is 241 g/mol. The fourth-order valence-electron chi connectivity index (χ4n) is 2.92.